The van der Waals surface area contributed by atoms with Gasteiger partial charge in [-0.15, -0.1) is 0 Å². The first-order valence-electron chi connectivity index (χ1n) is 6.92. The van der Waals surface area contributed by atoms with Crippen molar-refractivity contribution in [3.63, 3.8) is 0 Å². The Morgan fingerprint density at radius 2 is 2.06 bits per heavy atom. The van der Waals surface area contributed by atoms with Gasteiger partial charge in [0.1, 0.15) is 12.2 Å². The third kappa shape index (κ3) is 3.06. The van der Waals surface area contributed by atoms with Gasteiger partial charge in [0.15, 0.2) is 0 Å². The summed E-state index contributed by atoms with van der Waals surface area (Å²) in [6, 6.07) is 0. The summed E-state index contributed by atoms with van der Waals surface area (Å²) >= 11 is 0. The summed E-state index contributed by atoms with van der Waals surface area (Å²) < 4.78 is 2.01. The van der Waals surface area contributed by atoms with Crippen LogP contribution in [0.3, 0.4) is 0 Å². The van der Waals surface area contributed by atoms with Gasteiger partial charge < -0.3 is 5.73 Å². The van der Waals surface area contributed by atoms with E-state index in [1.807, 2.05) is 4.68 Å². The minimum atomic E-state index is 0.680. The van der Waals surface area contributed by atoms with Crippen LogP contribution in [0.1, 0.15) is 44.9 Å². The van der Waals surface area contributed by atoms with Crippen LogP contribution in [0.25, 0.3) is 0 Å². The van der Waals surface area contributed by atoms with Crippen LogP contribution in [-0.4, -0.2) is 21.3 Å². The zero-order chi connectivity index (χ0) is 12.1. The second-order valence-corrected chi connectivity index (χ2v) is 5.09. The summed E-state index contributed by atoms with van der Waals surface area (Å²) in [5.41, 5.74) is 5.92. The molecule has 1 aromatic rings. The molecule has 2 atom stereocenters. The van der Waals surface area contributed by atoms with Crippen molar-refractivity contribution in [1.82, 2.24) is 14.8 Å². The minimum Gasteiger partial charge on any atom is -0.330 e. The number of hydrogen-bond acceptors (Lipinski definition) is 3. The van der Waals surface area contributed by atoms with Gasteiger partial charge in [0.25, 0.3) is 0 Å². The van der Waals surface area contributed by atoms with Crippen molar-refractivity contribution in [2.45, 2.75) is 52.0 Å². The number of rotatable bonds is 4. The van der Waals surface area contributed by atoms with Crippen LogP contribution in [0.2, 0.25) is 0 Å². The molecule has 4 heteroatoms. The van der Waals surface area contributed by atoms with E-state index in [9.17, 15) is 0 Å². The number of nitrogens with two attached hydrogens (primary N) is 1. The van der Waals surface area contributed by atoms with E-state index in [-0.39, 0.29) is 0 Å². The molecule has 96 valence electrons. The van der Waals surface area contributed by atoms with E-state index in [1.165, 1.54) is 32.1 Å². The number of nitrogens with zero attached hydrogens (tertiary/aromatic N) is 3. The van der Waals surface area contributed by atoms with Gasteiger partial charge >= 0.3 is 0 Å². The zero-order valence-corrected chi connectivity index (χ0v) is 10.8. The number of aryl methyl sites for hydroxylation is 1. The van der Waals surface area contributed by atoms with E-state index < -0.39 is 0 Å². The van der Waals surface area contributed by atoms with E-state index in [2.05, 4.69) is 17.0 Å². The van der Waals surface area contributed by atoms with Crippen molar-refractivity contribution in [3.8, 4) is 0 Å². The predicted molar refractivity (Wildman–Crippen MR) is 68.5 cm³/mol. The van der Waals surface area contributed by atoms with Crippen molar-refractivity contribution >= 4 is 0 Å². The first-order valence-corrected chi connectivity index (χ1v) is 6.92. The highest BCUT2D eigenvalue weighted by Gasteiger charge is 2.24. The lowest BCUT2D eigenvalue weighted by molar-refractivity contribution is 0.309. The molecule has 0 saturated heterocycles. The summed E-state index contributed by atoms with van der Waals surface area (Å²) in [4.78, 5) is 4.39. The molecule has 1 heterocycles. The minimum absolute atomic E-state index is 0.680. The maximum absolute atomic E-state index is 5.92. The van der Waals surface area contributed by atoms with Gasteiger partial charge in [0.05, 0.1) is 0 Å². The maximum atomic E-state index is 5.92. The van der Waals surface area contributed by atoms with Crippen molar-refractivity contribution < 1.29 is 0 Å². The predicted octanol–water partition coefficient (Wildman–Crippen LogP) is 2.00. The van der Waals surface area contributed by atoms with Gasteiger partial charge in [-0.1, -0.05) is 19.3 Å². The molecule has 1 aromatic heterocycles. The molecule has 0 spiro atoms. The molecule has 1 aliphatic carbocycles. The molecule has 4 nitrogen and oxygen atoms in total. The third-order valence-corrected chi connectivity index (χ3v) is 4.06. The van der Waals surface area contributed by atoms with Crippen molar-refractivity contribution in [2.75, 3.05) is 6.54 Å². The second kappa shape index (κ2) is 6.15. The Labute approximate surface area is 104 Å². The van der Waals surface area contributed by atoms with Gasteiger partial charge in [0.2, 0.25) is 0 Å². The van der Waals surface area contributed by atoms with E-state index in [1.54, 1.807) is 6.33 Å². The van der Waals surface area contributed by atoms with Crippen LogP contribution >= 0.6 is 0 Å². The van der Waals surface area contributed by atoms with E-state index in [0.29, 0.717) is 11.8 Å². The molecule has 0 amide bonds. The first kappa shape index (κ1) is 12.6. The second-order valence-electron chi connectivity index (χ2n) is 5.09. The molecule has 1 fully saturated rings. The fourth-order valence-corrected chi connectivity index (χ4v) is 2.99. The lowest BCUT2D eigenvalue weighted by atomic mass is 9.85. The summed E-state index contributed by atoms with van der Waals surface area (Å²) in [7, 11) is 0. The van der Waals surface area contributed by atoms with Crippen LogP contribution in [0.4, 0.5) is 0 Å². The van der Waals surface area contributed by atoms with Crippen LogP contribution < -0.4 is 5.73 Å². The lowest BCUT2D eigenvalue weighted by Crippen LogP contribution is -2.25. The third-order valence-electron chi connectivity index (χ3n) is 4.06. The van der Waals surface area contributed by atoms with Crippen LogP contribution in [-0.2, 0) is 13.0 Å². The molecule has 0 radical (unpaired) electrons. The highest BCUT2D eigenvalue weighted by atomic mass is 15.3. The Bertz CT molecular complexity index is 334. The summed E-state index contributed by atoms with van der Waals surface area (Å²) in [5.74, 6) is 2.52. The molecule has 17 heavy (non-hydrogen) atoms. The summed E-state index contributed by atoms with van der Waals surface area (Å²) in [5, 5.41) is 4.25. The Kier molecular flexibility index (Phi) is 4.54. The van der Waals surface area contributed by atoms with Gasteiger partial charge in [-0.2, -0.15) is 5.10 Å². The fraction of sp³-hybridized carbons (Fsp3) is 0.846. The van der Waals surface area contributed by atoms with Gasteiger partial charge in [-0.25, -0.2) is 4.98 Å². The Morgan fingerprint density at radius 3 is 2.76 bits per heavy atom. The molecule has 2 rings (SSSR count). The molecule has 1 aliphatic rings. The maximum Gasteiger partial charge on any atom is 0.138 e. The first-order chi connectivity index (χ1) is 8.35. The molecular formula is C13H24N4. The summed E-state index contributed by atoms with van der Waals surface area (Å²) in [6.07, 6.45) is 9.39. The molecule has 0 aliphatic heterocycles. The Balaban J connectivity index is 2.04. The highest BCUT2D eigenvalue weighted by molar-refractivity contribution is 4.90. The molecular weight excluding hydrogens is 212 g/mol. The smallest absolute Gasteiger partial charge is 0.138 e. The largest absolute Gasteiger partial charge is 0.330 e. The van der Waals surface area contributed by atoms with Gasteiger partial charge in [-0.05, 0) is 38.1 Å². The molecule has 0 bridgehead atoms. The van der Waals surface area contributed by atoms with Gasteiger partial charge in [-0.3, -0.25) is 4.68 Å². The van der Waals surface area contributed by atoms with Crippen LogP contribution in [0, 0.1) is 11.8 Å². The van der Waals surface area contributed by atoms with E-state index in [0.717, 1.165) is 25.3 Å². The standard InChI is InChI=1S/C13H24N4/c1-2-17-13(15-10-16-17)8-11-6-4-3-5-7-12(11)9-14/h10-12H,2-9,14H2,1H3. The normalized spacial score (nSPS) is 25.8. The fourth-order valence-electron chi connectivity index (χ4n) is 2.99. The Morgan fingerprint density at radius 1 is 1.29 bits per heavy atom. The molecule has 2 N–H and O–H groups in total. The van der Waals surface area contributed by atoms with Crippen LogP contribution in [0.15, 0.2) is 6.33 Å². The lowest BCUT2D eigenvalue weighted by Gasteiger charge is -2.23. The summed E-state index contributed by atoms with van der Waals surface area (Å²) in [6.45, 7) is 3.85. The topological polar surface area (TPSA) is 56.7 Å². The number of hydrogen-bond donors (Lipinski definition) is 1. The highest BCUT2D eigenvalue weighted by Crippen LogP contribution is 2.30. The van der Waals surface area contributed by atoms with Gasteiger partial charge in [0, 0.05) is 13.0 Å². The van der Waals surface area contributed by atoms with E-state index in [4.69, 9.17) is 5.73 Å². The zero-order valence-electron chi connectivity index (χ0n) is 10.8. The van der Waals surface area contributed by atoms with Crippen molar-refractivity contribution in [1.29, 1.82) is 0 Å². The SMILES string of the molecule is CCn1ncnc1CC1CCCCCC1CN. The molecule has 2 unspecified atom stereocenters. The van der Waals surface area contributed by atoms with E-state index >= 15 is 0 Å². The average molecular weight is 236 g/mol. The Hall–Kier alpha value is -0.900. The monoisotopic (exact) mass is 236 g/mol. The molecule has 1 saturated carbocycles. The van der Waals surface area contributed by atoms with Crippen molar-refractivity contribution in [2.24, 2.45) is 17.6 Å². The number of aromatic nitrogens is 3. The quantitative estimate of drug-likeness (QED) is 0.813. The average Bonchev–Trinajstić information content (AvgIpc) is 2.67. The molecule has 0 aromatic carbocycles. The van der Waals surface area contributed by atoms with Crippen molar-refractivity contribution in [3.05, 3.63) is 12.2 Å². The van der Waals surface area contributed by atoms with Crippen LogP contribution in [0.5, 0.6) is 0 Å².